The Morgan fingerprint density at radius 1 is 1.33 bits per heavy atom. The van der Waals surface area contributed by atoms with Crippen molar-refractivity contribution in [3.63, 3.8) is 0 Å². The van der Waals surface area contributed by atoms with Gasteiger partial charge in [-0.05, 0) is 13.3 Å². The molecule has 0 saturated heterocycles. The first-order valence-electron chi connectivity index (χ1n) is 7.26. The molecule has 1 heterocycles. The van der Waals surface area contributed by atoms with E-state index in [1.807, 2.05) is 25.1 Å². The van der Waals surface area contributed by atoms with Crippen molar-refractivity contribution in [3.8, 4) is 10.6 Å². The lowest BCUT2D eigenvalue weighted by atomic mass is 10.2. The number of aromatic nitrogens is 1. The zero-order valence-corrected chi connectivity index (χ0v) is 13.4. The van der Waals surface area contributed by atoms with E-state index in [1.54, 1.807) is 11.3 Å². The Labute approximate surface area is 130 Å². The number of benzene rings is 1. The second kappa shape index (κ2) is 7.78. The number of aryl methyl sites for hydroxylation is 1. The van der Waals surface area contributed by atoms with Gasteiger partial charge in [0.2, 0.25) is 0 Å². The normalized spacial score (nSPS) is 11.6. The maximum absolute atomic E-state index is 5.85. The van der Waals surface area contributed by atoms with Crippen molar-refractivity contribution in [2.75, 3.05) is 6.54 Å². The van der Waals surface area contributed by atoms with Crippen molar-refractivity contribution in [2.24, 2.45) is 10.7 Å². The standard InChI is InChI=1S/C16H22N4S/c1-3-4-10-18-16(17)19-11-14-12(2)20-15(21-14)13-8-6-5-7-9-13/h5-9H,3-4,10-11H2,1-2H3,(H3,17,18,19). The first kappa shape index (κ1) is 15.5. The number of guanidine groups is 1. The predicted octanol–water partition coefficient (Wildman–Crippen LogP) is 3.32. The second-order valence-electron chi connectivity index (χ2n) is 4.88. The fraction of sp³-hybridized carbons (Fsp3) is 0.375. The highest BCUT2D eigenvalue weighted by molar-refractivity contribution is 7.15. The number of hydrogen-bond donors (Lipinski definition) is 2. The predicted molar refractivity (Wildman–Crippen MR) is 90.5 cm³/mol. The molecule has 0 aliphatic carbocycles. The van der Waals surface area contributed by atoms with Crippen LogP contribution in [0.4, 0.5) is 0 Å². The summed E-state index contributed by atoms with van der Waals surface area (Å²) in [6.45, 7) is 5.64. The molecule has 1 aromatic heterocycles. The molecular weight excluding hydrogens is 280 g/mol. The SMILES string of the molecule is CCCCNC(N)=NCc1sc(-c2ccccc2)nc1C. The largest absolute Gasteiger partial charge is 0.370 e. The van der Waals surface area contributed by atoms with E-state index >= 15 is 0 Å². The summed E-state index contributed by atoms with van der Waals surface area (Å²) in [4.78, 5) is 10.2. The maximum Gasteiger partial charge on any atom is 0.188 e. The molecule has 2 rings (SSSR count). The third kappa shape index (κ3) is 4.56. The van der Waals surface area contributed by atoms with E-state index in [0.29, 0.717) is 12.5 Å². The van der Waals surface area contributed by atoms with E-state index in [2.05, 4.69) is 34.3 Å². The molecule has 21 heavy (non-hydrogen) atoms. The van der Waals surface area contributed by atoms with E-state index in [9.17, 15) is 0 Å². The Kier molecular flexibility index (Phi) is 5.75. The Bertz CT molecular complexity index is 590. The number of unbranched alkanes of at least 4 members (excludes halogenated alkanes) is 1. The van der Waals surface area contributed by atoms with Crippen LogP contribution >= 0.6 is 11.3 Å². The third-order valence-corrected chi connectivity index (χ3v) is 4.33. The van der Waals surface area contributed by atoms with Crippen molar-refractivity contribution in [3.05, 3.63) is 40.9 Å². The van der Waals surface area contributed by atoms with Crippen LogP contribution < -0.4 is 11.1 Å². The summed E-state index contributed by atoms with van der Waals surface area (Å²) in [5.74, 6) is 0.512. The number of nitrogens with one attached hydrogen (secondary N) is 1. The van der Waals surface area contributed by atoms with Crippen LogP contribution in [0.1, 0.15) is 30.3 Å². The minimum absolute atomic E-state index is 0.512. The Morgan fingerprint density at radius 3 is 2.81 bits per heavy atom. The van der Waals surface area contributed by atoms with E-state index in [1.165, 1.54) is 0 Å². The summed E-state index contributed by atoms with van der Waals surface area (Å²) in [6.07, 6.45) is 2.25. The van der Waals surface area contributed by atoms with Crippen LogP contribution in [0, 0.1) is 6.92 Å². The van der Waals surface area contributed by atoms with Crippen LogP contribution in [-0.2, 0) is 6.54 Å². The number of rotatable bonds is 6. The molecule has 112 valence electrons. The van der Waals surface area contributed by atoms with E-state index in [-0.39, 0.29) is 0 Å². The molecule has 0 bridgehead atoms. The zero-order chi connectivity index (χ0) is 15.1. The van der Waals surface area contributed by atoms with Gasteiger partial charge in [-0.25, -0.2) is 9.98 Å². The highest BCUT2D eigenvalue weighted by Gasteiger charge is 2.08. The van der Waals surface area contributed by atoms with Gasteiger partial charge in [-0.15, -0.1) is 11.3 Å². The smallest absolute Gasteiger partial charge is 0.188 e. The number of aliphatic imine (C=N–C) groups is 1. The average Bonchev–Trinajstić information content (AvgIpc) is 2.87. The monoisotopic (exact) mass is 302 g/mol. The van der Waals surface area contributed by atoms with Gasteiger partial charge in [0, 0.05) is 17.0 Å². The van der Waals surface area contributed by atoms with Gasteiger partial charge >= 0.3 is 0 Å². The summed E-state index contributed by atoms with van der Waals surface area (Å²) in [5, 5.41) is 4.16. The Hall–Kier alpha value is -1.88. The first-order valence-corrected chi connectivity index (χ1v) is 8.08. The summed E-state index contributed by atoms with van der Waals surface area (Å²) >= 11 is 1.68. The van der Waals surface area contributed by atoms with Gasteiger partial charge < -0.3 is 11.1 Å². The minimum atomic E-state index is 0.512. The highest BCUT2D eigenvalue weighted by atomic mass is 32.1. The van der Waals surface area contributed by atoms with Crippen molar-refractivity contribution >= 4 is 17.3 Å². The van der Waals surface area contributed by atoms with Crippen molar-refractivity contribution in [1.29, 1.82) is 0 Å². The van der Waals surface area contributed by atoms with Gasteiger partial charge in [0.1, 0.15) is 5.01 Å². The molecule has 1 aromatic carbocycles. The van der Waals surface area contributed by atoms with Gasteiger partial charge in [0.25, 0.3) is 0 Å². The van der Waals surface area contributed by atoms with Crippen molar-refractivity contribution in [2.45, 2.75) is 33.2 Å². The van der Waals surface area contributed by atoms with Crippen LogP contribution in [0.3, 0.4) is 0 Å². The van der Waals surface area contributed by atoms with Gasteiger partial charge in [0.05, 0.1) is 12.2 Å². The lowest BCUT2D eigenvalue weighted by Gasteiger charge is -2.03. The highest BCUT2D eigenvalue weighted by Crippen LogP contribution is 2.28. The molecule has 0 aliphatic heterocycles. The fourth-order valence-corrected chi connectivity index (χ4v) is 2.88. The van der Waals surface area contributed by atoms with Crippen molar-refractivity contribution < 1.29 is 0 Å². The molecule has 0 fully saturated rings. The first-order chi connectivity index (χ1) is 10.2. The summed E-state index contributed by atoms with van der Waals surface area (Å²) in [6, 6.07) is 10.2. The number of nitrogens with zero attached hydrogens (tertiary/aromatic N) is 2. The zero-order valence-electron chi connectivity index (χ0n) is 12.6. The van der Waals surface area contributed by atoms with Crippen LogP contribution in [0.25, 0.3) is 10.6 Å². The summed E-state index contributed by atoms with van der Waals surface area (Å²) in [5.41, 5.74) is 8.03. The summed E-state index contributed by atoms with van der Waals surface area (Å²) in [7, 11) is 0. The molecule has 0 radical (unpaired) electrons. The van der Waals surface area contributed by atoms with E-state index < -0.39 is 0 Å². The minimum Gasteiger partial charge on any atom is -0.370 e. The number of hydrogen-bond acceptors (Lipinski definition) is 3. The molecule has 3 N–H and O–H groups in total. The molecule has 4 nitrogen and oxygen atoms in total. The molecule has 0 atom stereocenters. The molecule has 2 aromatic rings. The van der Waals surface area contributed by atoms with Gasteiger partial charge in [-0.2, -0.15) is 0 Å². The number of nitrogens with two attached hydrogens (primary N) is 1. The van der Waals surface area contributed by atoms with Gasteiger partial charge in [-0.3, -0.25) is 0 Å². The Balaban J connectivity index is 2.01. The molecule has 0 spiro atoms. The average molecular weight is 302 g/mol. The molecule has 0 amide bonds. The van der Waals surface area contributed by atoms with Gasteiger partial charge in [-0.1, -0.05) is 43.7 Å². The third-order valence-electron chi connectivity index (χ3n) is 3.14. The lowest BCUT2D eigenvalue weighted by Crippen LogP contribution is -2.32. The van der Waals surface area contributed by atoms with E-state index in [4.69, 9.17) is 5.73 Å². The molecule has 0 unspecified atom stereocenters. The maximum atomic E-state index is 5.85. The molecule has 0 aliphatic rings. The Morgan fingerprint density at radius 2 is 2.10 bits per heavy atom. The van der Waals surface area contributed by atoms with E-state index in [0.717, 1.165) is 40.5 Å². The summed E-state index contributed by atoms with van der Waals surface area (Å²) < 4.78 is 0. The second-order valence-corrected chi connectivity index (χ2v) is 5.96. The van der Waals surface area contributed by atoms with Crippen LogP contribution in [-0.4, -0.2) is 17.5 Å². The molecule has 5 heteroatoms. The van der Waals surface area contributed by atoms with Crippen LogP contribution in [0.15, 0.2) is 35.3 Å². The molecular formula is C16H22N4S. The van der Waals surface area contributed by atoms with Gasteiger partial charge in [0.15, 0.2) is 5.96 Å². The quantitative estimate of drug-likeness (QED) is 0.489. The van der Waals surface area contributed by atoms with Crippen LogP contribution in [0.2, 0.25) is 0 Å². The molecule has 0 saturated carbocycles. The topological polar surface area (TPSA) is 63.3 Å². The lowest BCUT2D eigenvalue weighted by molar-refractivity contribution is 0.748. The fourth-order valence-electron chi connectivity index (χ4n) is 1.89. The number of thiazole rings is 1. The van der Waals surface area contributed by atoms with Crippen molar-refractivity contribution in [1.82, 2.24) is 10.3 Å². The van der Waals surface area contributed by atoms with Crippen LogP contribution in [0.5, 0.6) is 0 Å².